The van der Waals surface area contributed by atoms with Crippen LogP contribution in [0.5, 0.6) is 0 Å². The average molecular weight is 401 g/mol. The first-order chi connectivity index (χ1) is 13.3. The lowest BCUT2D eigenvalue weighted by molar-refractivity contribution is -0.137. The number of sulfonamides is 1. The third kappa shape index (κ3) is 4.58. The van der Waals surface area contributed by atoms with Gasteiger partial charge in [-0.2, -0.15) is 5.10 Å². The Bertz CT molecular complexity index is 1020. The lowest BCUT2D eigenvalue weighted by Crippen LogP contribution is -2.30. The molecule has 0 spiro atoms. The van der Waals surface area contributed by atoms with Crippen LogP contribution < -0.4 is 4.72 Å². The van der Waals surface area contributed by atoms with Gasteiger partial charge in [-0.3, -0.25) is 9.52 Å². The van der Waals surface area contributed by atoms with E-state index >= 15 is 0 Å². The topological polar surface area (TPSA) is 88.1 Å². The zero-order valence-electron chi connectivity index (χ0n) is 16.0. The average Bonchev–Trinajstić information content (AvgIpc) is 3.06. The van der Waals surface area contributed by atoms with Crippen LogP contribution in [0.2, 0.25) is 0 Å². The SMILES string of the molecule is COCC(=O)N1N=C(c2cccc(NS(C)(=O)=O)c2)CC1c1ccccc1C. The van der Waals surface area contributed by atoms with Crippen molar-refractivity contribution in [1.29, 1.82) is 0 Å². The van der Waals surface area contributed by atoms with Crippen molar-refractivity contribution in [3.05, 3.63) is 65.2 Å². The Kier molecular flexibility index (Phi) is 5.81. The fraction of sp³-hybridized carbons (Fsp3) is 0.300. The standard InChI is InChI=1S/C20H23N3O4S/c1-14-7-4-5-10-17(14)19-12-18(21-23(19)20(24)13-27-2)15-8-6-9-16(11-15)22-28(3,25)26/h4-11,19,22H,12-13H2,1-3H3. The monoisotopic (exact) mass is 401 g/mol. The van der Waals surface area contributed by atoms with E-state index in [2.05, 4.69) is 9.82 Å². The minimum absolute atomic E-state index is 0.0607. The maximum absolute atomic E-state index is 12.6. The normalized spacial score (nSPS) is 16.8. The molecule has 3 rings (SSSR count). The molecule has 0 saturated carbocycles. The molecular weight excluding hydrogens is 378 g/mol. The highest BCUT2D eigenvalue weighted by atomic mass is 32.2. The summed E-state index contributed by atoms with van der Waals surface area (Å²) in [5.74, 6) is -0.226. The fourth-order valence-corrected chi connectivity index (χ4v) is 3.84. The van der Waals surface area contributed by atoms with Crippen LogP contribution in [0.1, 0.15) is 29.2 Å². The van der Waals surface area contributed by atoms with Gasteiger partial charge in [-0.05, 0) is 35.7 Å². The molecule has 0 bridgehead atoms. The lowest BCUT2D eigenvalue weighted by Gasteiger charge is -2.23. The highest BCUT2D eigenvalue weighted by molar-refractivity contribution is 7.92. The maximum atomic E-state index is 12.6. The molecule has 1 N–H and O–H groups in total. The molecule has 148 valence electrons. The summed E-state index contributed by atoms with van der Waals surface area (Å²) in [5.41, 5.74) is 4.04. The Morgan fingerprint density at radius 3 is 2.68 bits per heavy atom. The molecule has 1 amide bonds. The second-order valence-electron chi connectivity index (χ2n) is 6.75. The number of amides is 1. The van der Waals surface area contributed by atoms with Gasteiger partial charge in [0.25, 0.3) is 5.91 Å². The molecule has 1 aliphatic rings. The molecule has 2 aromatic carbocycles. The Morgan fingerprint density at radius 1 is 1.25 bits per heavy atom. The number of hydrazone groups is 1. The van der Waals surface area contributed by atoms with Crippen LogP contribution in [0.3, 0.4) is 0 Å². The second kappa shape index (κ2) is 8.12. The molecular formula is C20H23N3O4S. The summed E-state index contributed by atoms with van der Waals surface area (Å²) in [4.78, 5) is 12.6. The maximum Gasteiger partial charge on any atom is 0.269 e. The number of nitrogens with one attached hydrogen (secondary N) is 1. The van der Waals surface area contributed by atoms with E-state index in [-0.39, 0.29) is 18.6 Å². The molecule has 28 heavy (non-hydrogen) atoms. The van der Waals surface area contributed by atoms with Crippen LogP contribution in [0.4, 0.5) is 5.69 Å². The molecule has 0 aromatic heterocycles. The molecule has 0 aliphatic carbocycles. The minimum Gasteiger partial charge on any atom is -0.375 e. The predicted molar refractivity (Wildman–Crippen MR) is 109 cm³/mol. The molecule has 0 saturated heterocycles. The number of anilines is 1. The third-order valence-electron chi connectivity index (χ3n) is 4.48. The largest absolute Gasteiger partial charge is 0.375 e. The van der Waals surface area contributed by atoms with E-state index in [9.17, 15) is 13.2 Å². The van der Waals surface area contributed by atoms with E-state index in [4.69, 9.17) is 4.74 Å². The molecule has 1 heterocycles. The van der Waals surface area contributed by atoms with Crippen molar-refractivity contribution in [2.75, 3.05) is 24.7 Å². The summed E-state index contributed by atoms with van der Waals surface area (Å²) in [6, 6.07) is 14.7. The number of aryl methyl sites for hydroxylation is 1. The van der Waals surface area contributed by atoms with Crippen LogP contribution in [0.15, 0.2) is 53.6 Å². The molecule has 0 radical (unpaired) electrons. The fourth-order valence-electron chi connectivity index (χ4n) is 3.28. The first-order valence-corrected chi connectivity index (χ1v) is 10.7. The Labute approximate surface area is 165 Å². The molecule has 1 aliphatic heterocycles. The summed E-state index contributed by atoms with van der Waals surface area (Å²) < 4.78 is 30.5. The molecule has 0 fully saturated rings. The Balaban J connectivity index is 1.96. The van der Waals surface area contributed by atoms with E-state index < -0.39 is 10.0 Å². The van der Waals surface area contributed by atoms with Gasteiger partial charge in [-0.15, -0.1) is 0 Å². The number of hydrogen-bond donors (Lipinski definition) is 1. The smallest absolute Gasteiger partial charge is 0.269 e. The van der Waals surface area contributed by atoms with E-state index in [1.807, 2.05) is 37.3 Å². The lowest BCUT2D eigenvalue weighted by atomic mass is 9.95. The Morgan fingerprint density at radius 2 is 2.00 bits per heavy atom. The zero-order valence-corrected chi connectivity index (χ0v) is 16.9. The molecule has 7 nitrogen and oxygen atoms in total. The number of nitrogens with zero attached hydrogens (tertiary/aromatic N) is 2. The van der Waals surface area contributed by atoms with Crippen LogP contribution in [-0.2, 0) is 19.6 Å². The summed E-state index contributed by atoms with van der Waals surface area (Å²) in [7, 11) is -1.91. The number of methoxy groups -OCH3 is 1. The highest BCUT2D eigenvalue weighted by Gasteiger charge is 2.33. The van der Waals surface area contributed by atoms with Crippen molar-refractivity contribution in [2.24, 2.45) is 5.10 Å². The van der Waals surface area contributed by atoms with E-state index in [1.54, 1.807) is 18.2 Å². The van der Waals surface area contributed by atoms with E-state index in [0.717, 1.165) is 28.7 Å². The number of hydrogen-bond acceptors (Lipinski definition) is 5. The van der Waals surface area contributed by atoms with E-state index in [0.29, 0.717) is 12.1 Å². The van der Waals surface area contributed by atoms with Crippen molar-refractivity contribution in [3.8, 4) is 0 Å². The van der Waals surface area contributed by atoms with Crippen molar-refractivity contribution in [3.63, 3.8) is 0 Å². The van der Waals surface area contributed by atoms with Crippen LogP contribution in [0.25, 0.3) is 0 Å². The molecule has 8 heteroatoms. The summed E-state index contributed by atoms with van der Waals surface area (Å²) >= 11 is 0. The Hall–Kier alpha value is -2.71. The van der Waals surface area contributed by atoms with Gasteiger partial charge in [-0.1, -0.05) is 36.4 Å². The summed E-state index contributed by atoms with van der Waals surface area (Å²) in [6.45, 7) is 1.94. The molecule has 1 atom stereocenters. The van der Waals surface area contributed by atoms with Gasteiger partial charge in [0.2, 0.25) is 10.0 Å². The molecule has 2 aromatic rings. The van der Waals surface area contributed by atoms with E-state index in [1.165, 1.54) is 12.1 Å². The quantitative estimate of drug-likeness (QED) is 0.806. The predicted octanol–water partition coefficient (Wildman–Crippen LogP) is 2.69. The van der Waals surface area contributed by atoms with Gasteiger partial charge in [0.05, 0.1) is 18.0 Å². The van der Waals surface area contributed by atoms with Crippen molar-refractivity contribution in [2.45, 2.75) is 19.4 Å². The van der Waals surface area contributed by atoms with Crippen molar-refractivity contribution >= 4 is 27.3 Å². The zero-order chi connectivity index (χ0) is 20.3. The van der Waals surface area contributed by atoms with Gasteiger partial charge in [0.1, 0.15) is 6.61 Å². The number of benzene rings is 2. The highest BCUT2D eigenvalue weighted by Crippen LogP contribution is 2.34. The first-order valence-electron chi connectivity index (χ1n) is 8.80. The number of carbonyl (C=O) groups excluding carboxylic acids is 1. The van der Waals surface area contributed by atoms with Gasteiger partial charge < -0.3 is 4.74 Å². The van der Waals surface area contributed by atoms with Gasteiger partial charge >= 0.3 is 0 Å². The second-order valence-corrected chi connectivity index (χ2v) is 8.50. The summed E-state index contributed by atoms with van der Waals surface area (Å²) in [6.07, 6.45) is 1.63. The van der Waals surface area contributed by atoms with Gasteiger partial charge in [-0.25, -0.2) is 13.4 Å². The number of carbonyl (C=O) groups is 1. The summed E-state index contributed by atoms with van der Waals surface area (Å²) in [5, 5.41) is 6.03. The third-order valence-corrected chi connectivity index (χ3v) is 5.09. The molecule has 1 unspecified atom stereocenters. The van der Waals surface area contributed by atoms with Crippen molar-refractivity contribution < 1.29 is 17.9 Å². The minimum atomic E-state index is -3.38. The number of rotatable bonds is 6. The van der Waals surface area contributed by atoms with Crippen LogP contribution in [0, 0.1) is 6.92 Å². The van der Waals surface area contributed by atoms with Crippen LogP contribution in [-0.4, -0.2) is 45.0 Å². The van der Waals surface area contributed by atoms with Crippen molar-refractivity contribution in [1.82, 2.24) is 5.01 Å². The van der Waals surface area contributed by atoms with Gasteiger partial charge in [0, 0.05) is 19.2 Å². The number of ether oxygens (including phenoxy) is 1. The first kappa shape index (κ1) is 20.0. The van der Waals surface area contributed by atoms with Crippen LogP contribution >= 0.6 is 0 Å². The van der Waals surface area contributed by atoms with Gasteiger partial charge in [0.15, 0.2) is 0 Å².